The molecule has 0 spiro atoms. The van der Waals surface area contributed by atoms with Crippen LogP contribution in [0.4, 0.5) is 0 Å². The molecule has 0 saturated carbocycles. The Balaban J connectivity index is 1.80. The second kappa shape index (κ2) is 5.97. The Bertz CT molecular complexity index is 684. The number of carboxylic acid groups (broad SMARTS) is 1. The zero-order valence-electron chi connectivity index (χ0n) is 11.9. The van der Waals surface area contributed by atoms with Crippen LogP contribution < -0.4 is 0 Å². The highest BCUT2D eigenvalue weighted by Gasteiger charge is 2.28. The van der Waals surface area contributed by atoms with Crippen molar-refractivity contribution in [1.29, 1.82) is 0 Å². The number of carboxylic acids is 1. The van der Waals surface area contributed by atoms with Crippen molar-refractivity contribution in [3.8, 4) is 5.69 Å². The van der Waals surface area contributed by atoms with Crippen LogP contribution in [0.5, 0.6) is 0 Å². The SMILES string of the molecule is O=C(O)C1CCCN(C(=O)c2cccc(-n3cncn3)c2)C1. The summed E-state index contributed by atoms with van der Waals surface area (Å²) in [6.45, 7) is 0.859. The molecule has 1 N–H and O–H groups in total. The Morgan fingerprint density at radius 1 is 1.32 bits per heavy atom. The summed E-state index contributed by atoms with van der Waals surface area (Å²) in [5.74, 6) is -1.46. The van der Waals surface area contributed by atoms with Crippen molar-refractivity contribution in [3.05, 3.63) is 42.5 Å². The van der Waals surface area contributed by atoms with Crippen molar-refractivity contribution in [2.75, 3.05) is 13.1 Å². The number of nitrogens with zero attached hydrogens (tertiary/aromatic N) is 4. The van der Waals surface area contributed by atoms with Crippen LogP contribution in [-0.2, 0) is 4.79 Å². The lowest BCUT2D eigenvalue weighted by Gasteiger charge is -2.30. The molecular formula is C15H16N4O3. The fraction of sp³-hybridized carbons (Fsp3) is 0.333. The molecular weight excluding hydrogens is 284 g/mol. The predicted octanol–water partition coefficient (Wildman–Crippen LogP) is 1.20. The fourth-order valence-corrected chi connectivity index (χ4v) is 2.67. The molecule has 7 nitrogen and oxygen atoms in total. The molecule has 3 rings (SSSR count). The van der Waals surface area contributed by atoms with E-state index < -0.39 is 11.9 Å². The largest absolute Gasteiger partial charge is 0.481 e. The van der Waals surface area contributed by atoms with E-state index in [1.165, 1.54) is 6.33 Å². The van der Waals surface area contributed by atoms with Gasteiger partial charge in [-0.1, -0.05) is 6.07 Å². The molecule has 1 aromatic heterocycles. The summed E-state index contributed by atoms with van der Waals surface area (Å²) in [6.07, 6.45) is 4.32. The minimum Gasteiger partial charge on any atom is -0.481 e. The van der Waals surface area contributed by atoms with E-state index in [9.17, 15) is 9.59 Å². The summed E-state index contributed by atoms with van der Waals surface area (Å²) in [6, 6.07) is 7.08. The summed E-state index contributed by atoms with van der Waals surface area (Å²) in [5, 5.41) is 13.2. The third kappa shape index (κ3) is 2.83. The first-order chi connectivity index (χ1) is 10.6. The molecule has 2 heterocycles. The monoisotopic (exact) mass is 300 g/mol. The van der Waals surface area contributed by atoms with E-state index in [-0.39, 0.29) is 12.5 Å². The van der Waals surface area contributed by atoms with E-state index in [1.54, 1.807) is 34.1 Å². The van der Waals surface area contributed by atoms with E-state index in [2.05, 4.69) is 10.1 Å². The van der Waals surface area contributed by atoms with E-state index in [4.69, 9.17) is 5.11 Å². The third-order valence-electron chi connectivity index (χ3n) is 3.83. The fourth-order valence-electron chi connectivity index (χ4n) is 2.67. The first-order valence-electron chi connectivity index (χ1n) is 7.12. The number of aromatic nitrogens is 3. The number of carbonyl (C=O) groups is 2. The maximum Gasteiger partial charge on any atom is 0.308 e. The topological polar surface area (TPSA) is 88.3 Å². The molecule has 0 radical (unpaired) electrons. The van der Waals surface area contributed by atoms with Gasteiger partial charge < -0.3 is 10.0 Å². The van der Waals surface area contributed by atoms with Gasteiger partial charge >= 0.3 is 5.97 Å². The molecule has 0 bridgehead atoms. The van der Waals surface area contributed by atoms with E-state index in [0.29, 0.717) is 24.9 Å². The van der Waals surface area contributed by atoms with Crippen LogP contribution in [0.15, 0.2) is 36.9 Å². The Labute approximate surface area is 127 Å². The molecule has 1 aromatic carbocycles. The van der Waals surface area contributed by atoms with Crippen molar-refractivity contribution in [1.82, 2.24) is 19.7 Å². The van der Waals surface area contributed by atoms with E-state index in [1.807, 2.05) is 6.07 Å². The molecule has 1 fully saturated rings. The van der Waals surface area contributed by atoms with E-state index in [0.717, 1.165) is 5.69 Å². The highest BCUT2D eigenvalue weighted by atomic mass is 16.4. The van der Waals surface area contributed by atoms with Gasteiger partial charge in [0, 0.05) is 18.7 Å². The standard InChI is InChI=1S/C15H16N4O3/c20-14(18-6-2-4-12(8-18)15(21)22)11-3-1-5-13(7-11)19-10-16-9-17-19/h1,3,5,7,9-10,12H,2,4,6,8H2,(H,21,22). The molecule has 1 saturated heterocycles. The molecule has 2 aromatic rings. The van der Waals surface area contributed by atoms with Gasteiger partial charge in [0.1, 0.15) is 12.7 Å². The van der Waals surface area contributed by atoms with Crippen LogP contribution in [0.2, 0.25) is 0 Å². The lowest BCUT2D eigenvalue weighted by atomic mass is 9.97. The smallest absolute Gasteiger partial charge is 0.308 e. The van der Waals surface area contributed by atoms with Gasteiger partial charge in [0.15, 0.2) is 0 Å². The predicted molar refractivity (Wildman–Crippen MR) is 77.6 cm³/mol. The van der Waals surface area contributed by atoms with Gasteiger partial charge in [-0.2, -0.15) is 5.10 Å². The summed E-state index contributed by atoms with van der Waals surface area (Å²) in [7, 11) is 0. The second-order valence-corrected chi connectivity index (χ2v) is 5.32. The van der Waals surface area contributed by atoms with Gasteiger partial charge in [-0.25, -0.2) is 9.67 Å². The maximum absolute atomic E-state index is 12.6. The average molecular weight is 300 g/mol. The number of aliphatic carboxylic acids is 1. The lowest BCUT2D eigenvalue weighted by molar-refractivity contribution is -0.143. The van der Waals surface area contributed by atoms with Crippen molar-refractivity contribution in [3.63, 3.8) is 0 Å². The summed E-state index contributed by atoms with van der Waals surface area (Å²) in [4.78, 5) is 29.2. The van der Waals surface area contributed by atoms with Gasteiger partial charge in [-0.3, -0.25) is 9.59 Å². The summed E-state index contributed by atoms with van der Waals surface area (Å²) < 4.78 is 1.58. The Hall–Kier alpha value is -2.70. The van der Waals surface area contributed by atoms with Crippen LogP contribution >= 0.6 is 0 Å². The maximum atomic E-state index is 12.6. The number of rotatable bonds is 3. The van der Waals surface area contributed by atoms with Crippen molar-refractivity contribution >= 4 is 11.9 Å². The third-order valence-corrected chi connectivity index (χ3v) is 3.83. The van der Waals surface area contributed by atoms with Crippen LogP contribution in [0.1, 0.15) is 23.2 Å². The van der Waals surface area contributed by atoms with Crippen LogP contribution in [0, 0.1) is 5.92 Å². The molecule has 1 aliphatic heterocycles. The minimum absolute atomic E-state index is 0.145. The van der Waals surface area contributed by atoms with Gasteiger partial charge in [-0.15, -0.1) is 0 Å². The first kappa shape index (κ1) is 14.2. The van der Waals surface area contributed by atoms with Crippen LogP contribution in [0.3, 0.4) is 0 Å². The molecule has 0 aliphatic carbocycles. The summed E-state index contributed by atoms with van der Waals surface area (Å²) in [5.41, 5.74) is 1.27. The van der Waals surface area contributed by atoms with Gasteiger partial charge in [0.05, 0.1) is 11.6 Å². The van der Waals surface area contributed by atoms with Gasteiger partial charge in [-0.05, 0) is 31.0 Å². The average Bonchev–Trinajstić information content (AvgIpc) is 3.09. The van der Waals surface area contributed by atoms with E-state index >= 15 is 0 Å². The number of amides is 1. The molecule has 1 aliphatic rings. The van der Waals surface area contributed by atoms with Crippen molar-refractivity contribution < 1.29 is 14.7 Å². The molecule has 7 heteroatoms. The zero-order valence-corrected chi connectivity index (χ0v) is 11.9. The second-order valence-electron chi connectivity index (χ2n) is 5.32. The van der Waals surface area contributed by atoms with Crippen LogP contribution in [-0.4, -0.2) is 49.7 Å². The van der Waals surface area contributed by atoms with Gasteiger partial charge in [0.2, 0.25) is 0 Å². The lowest BCUT2D eigenvalue weighted by Crippen LogP contribution is -2.42. The number of hydrogen-bond acceptors (Lipinski definition) is 4. The number of benzene rings is 1. The molecule has 1 unspecified atom stereocenters. The minimum atomic E-state index is -0.839. The molecule has 1 atom stereocenters. The zero-order chi connectivity index (χ0) is 15.5. The summed E-state index contributed by atoms with van der Waals surface area (Å²) >= 11 is 0. The number of carbonyl (C=O) groups excluding carboxylic acids is 1. The Morgan fingerprint density at radius 2 is 2.18 bits per heavy atom. The van der Waals surface area contributed by atoms with Crippen LogP contribution in [0.25, 0.3) is 5.69 Å². The molecule has 114 valence electrons. The first-order valence-corrected chi connectivity index (χ1v) is 7.12. The highest BCUT2D eigenvalue weighted by Crippen LogP contribution is 2.19. The number of likely N-dealkylation sites (tertiary alicyclic amines) is 1. The Kier molecular flexibility index (Phi) is 3.86. The number of piperidine rings is 1. The molecule has 22 heavy (non-hydrogen) atoms. The van der Waals surface area contributed by atoms with Crippen molar-refractivity contribution in [2.24, 2.45) is 5.92 Å². The number of hydrogen-bond donors (Lipinski definition) is 1. The normalized spacial score (nSPS) is 18.2. The quantitative estimate of drug-likeness (QED) is 0.920. The Morgan fingerprint density at radius 3 is 2.91 bits per heavy atom. The van der Waals surface area contributed by atoms with Gasteiger partial charge in [0.25, 0.3) is 5.91 Å². The molecule has 1 amide bonds. The highest BCUT2D eigenvalue weighted by molar-refractivity contribution is 5.95. The van der Waals surface area contributed by atoms with Crippen molar-refractivity contribution in [2.45, 2.75) is 12.8 Å².